The number of nitrogens with zero attached hydrogens (tertiary/aromatic N) is 1. The van der Waals surface area contributed by atoms with Gasteiger partial charge in [-0.1, -0.05) is 62.1 Å². The van der Waals surface area contributed by atoms with Gasteiger partial charge in [-0.25, -0.2) is 0 Å². The van der Waals surface area contributed by atoms with Crippen molar-refractivity contribution in [3.63, 3.8) is 0 Å². The Bertz CT molecular complexity index is 873. The summed E-state index contributed by atoms with van der Waals surface area (Å²) in [5.74, 6) is -0.385. The fourth-order valence-electron chi connectivity index (χ4n) is 4.75. The van der Waals surface area contributed by atoms with Crippen molar-refractivity contribution in [2.45, 2.75) is 69.7 Å². The Balaban J connectivity index is 1.45. The maximum atomic E-state index is 13.2. The minimum atomic E-state index is -1.27. The zero-order valence-corrected chi connectivity index (χ0v) is 16.8. The molecule has 2 fully saturated rings. The molecule has 1 saturated heterocycles. The number of rotatable bonds is 5. The number of ketones is 1. The maximum Gasteiger partial charge on any atom is 0.264 e. The number of likely N-dealkylation sites (tertiary alicyclic amines) is 1. The number of carbonyl (C=O) groups excluding carboxylic acids is 2. The second-order valence-corrected chi connectivity index (χ2v) is 8.39. The van der Waals surface area contributed by atoms with E-state index in [0.29, 0.717) is 18.5 Å². The summed E-state index contributed by atoms with van der Waals surface area (Å²) in [6.07, 6.45) is 6.80. The monoisotopic (exact) mass is 394 g/mol. The third-order valence-electron chi connectivity index (χ3n) is 6.38. The second kappa shape index (κ2) is 9.06. The average Bonchev–Trinajstić information content (AvgIpc) is 3.10. The molecule has 5 heteroatoms. The van der Waals surface area contributed by atoms with E-state index in [9.17, 15) is 14.7 Å². The molecule has 0 radical (unpaired) electrons. The summed E-state index contributed by atoms with van der Waals surface area (Å²) in [6.45, 7) is 0.559. The number of benzene rings is 2. The van der Waals surface area contributed by atoms with Crippen LogP contribution in [0, 0.1) is 0 Å². The Hall–Kier alpha value is -2.24. The number of amides is 1. The molecule has 2 aliphatic rings. The van der Waals surface area contributed by atoms with E-state index in [1.807, 2.05) is 42.5 Å². The van der Waals surface area contributed by atoms with Gasteiger partial charge in [0.05, 0.1) is 6.04 Å². The van der Waals surface area contributed by atoms with E-state index in [2.05, 4.69) is 5.32 Å². The number of fused-ring (bicyclic) bond motifs is 1. The lowest BCUT2D eigenvalue weighted by Crippen LogP contribution is -2.52. The molecule has 1 amide bonds. The Morgan fingerprint density at radius 1 is 0.931 bits per heavy atom. The lowest BCUT2D eigenvalue weighted by molar-refractivity contribution is -0.140. The summed E-state index contributed by atoms with van der Waals surface area (Å²) >= 11 is 0. The molecule has 29 heavy (non-hydrogen) atoms. The highest BCUT2D eigenvalue weighted by Crippen LogP contribution is 2.25. The van der Waals surface area contributed by atoms with E-state index in [1.54, 1.807) is 4.90 Å². The lowest BCUT2D eigenvalue weighted by atomic mass is 9.99. The van der Waals surface area contributed by atoms with Crippen LogP contribution in [0.3, 0.4) is 0 Å². The molecule has 4 rings (SSSR count). The highest BCUT2D eigenvalue weighted by molar-refractivity contribution is 6.03. The molecule has 2 unspecified atom stereocenters. The van der Waals surface area contributed by atoms with Crippen molar-refractivity contribution >= 4 is 22.5 Å². The van der Waals surface area contributed by atoms with Crippen molar-refractivity contribution < 1.29 is 14.7 Å². The molecule has 1 aliphatic heterocycles. The van der Waals surface area contributed by atoms with Gasteiger partial charge in [0, 0.05) is 18.2 Å². The summed E-state index contributed by atoms with van der Waals surface area (Å²) in [6, 6.07) is 13.3. The molecule has 1 saturated carbocycles. The van der Waals surface area contributed by atoms with Gasteiger partial charge in [-0.05, 0) is 42.5 Å². The number of aliphatic hydroxyl groups is 1. The first-order chi connectivity index (χ1) is 14.1. The largest absolute Gasteiger partial charge is 0.370 e. The summed E-state index contributed by atoms with van der Waals surface area (Å²) in [7, 11) is 0. The van der Waals surface area contributed by atoms with Gasteiger partial charge in [0.2, 0.25) is 0 Å². The number of Topliss-reactive ketones (excluding diaryl/α,β-unsaturated/α-hetero) is 1. The first kappa shape index (κ1) is 20.0. The molecular weight excluding hydrogens is 364 g/mol. The van der Waals surface area contributed by atoms with Gasteiger partial charge in [0.25, 0.3) is 5.91 Å². The molecule has 0 spiro atoms. The molecule has 2 aromatic carbocycles. The van der Waals surface area contributed by atoms with Crippen molar-refractivity contribution in [3.05, 3.63) is 48.0 Å². The number of hydrogen-bond donors (Lipinski definition) is 2. The van der Waals surface area contributed by atoms with Gasteiger partial charge in [-0.3, -0.25) is 14.5 Å². The van der Waals surface area contributed by atoms with Crippen LogP contribution in [0.5, 0.6) is 0 Å². The SMILES string of the molecule is O=C(NC1CCCCCC1)C(O)N1CCCC1C(=O)c1ccc2ccccc2c1. The van der Waals surface area contributed by atoms with Crippen LogP contribution < -0.4 is 5.32 Å². The Labute approximate surface area is 172 Å². The van der Waals surface area contributed by atoms with E-state index >= 15 is 0 Å². The van der Waals surface area contributed by atoms with Crippen molar-refractivity contribution in [2.24, 2.45) is 0 Å². The Kier molecular flexibility index (Phi) is 6.26. The first-order valence-electron chi connectivity index (χ1n) is 10.9. The van der Waals surface area contributed by atoms with Gasteiger partial charge in [-0.2, -0.15) is 0 Å². The molecule has 2 N–H and O–H groups in total. The molecule has 2 aromatic rings. The van der Waals surface area contributed by atoms with E-state index in [-0.39, 0.29) is 17.7 Å². The predicted octanol–water partition coefficient (Wildman–Crippen LogP) is 3.64. The molecule has 2 atom stereocenters. The van der Waals surface area contributed by atoms with Crippen LogP contribution in [-0.2, 0) is 4.79 Å². The summed E-state index contributed by atoms with van der Waals surface area (Å²) in [5.41, 5.74) is 0.636. The molecular formula is C24H30N2O3. The molecule has 1 aliphatic carbocycles. The molecule has 5 nitrogen and oxygen atoms in total. The predicted molar refractivity (Wildman–Crippen MR) is 114 cm³/mol. The van der Waals surface area contributed by atoms with Crippen LogP contribution in [0.2, 0.25) is 0 Å². The standard InChI is InChI=1S/C24H30N2O3/c27-22(19-14-13-17-8-5-6-9-18(17)16-19)21-12-7-15-26(21)24(29)23(28)25-20-10-3-1-2-4-11-20/h5-6,8-9,13-14,16,20-21,24,29H,1-4,7,10-12,15H2,(H,25,28). The first-order valence-corrected chi connectivity index (χ1v) is 10.9. The number of hydrogen-bond acceptors (Lipinski definition) is 4. The number of nitrogens with one attached hydrogen (secondary N) is 1. The van der Waals surface area contributed by atoms with Crippen LogP contribution >= 0.6 is 0 Å². The van der Waals surface area contributed by atoms with Gasteiger partial charge in [0.1, 0.15) is 0 Å². The van der Waals surface area contributed by atoms with Crippen molar-refractivity contribution in [3.8, 4) is 0 Å². The van der Waals surface area contributed by atoms with Crippen LogP contribution in [0.1, 0.15) is 61.7 Å². The van der Waals surface area contributed by atoms with Gasteiger partial charge < -0.3 is 10.4 Å². The zero-order valence-electron chi connectivity index (χ0n) is 16.8. The Morgan fingerprint density at radius 3 is 2.41 bits per heavy atom. The quantitative estimate of drug-likeness (QED) is 0.600. The highest BCUT2D eigenvalue weighted by Gasteiger charge is 2.38. The van der Waals surface area contributed by atoms with E-state index in [4.69, 9.17) is 0 Å². The molecule has 1 heterocycles. The molecule has 154 valence electrons. The van der Waals surface area contributed by atoms with Gasteiger partial charge in [-0.15, -0.1) is 0 Å². The van der Waals surface area contributed by atoms with E-state index < -0.39 is 12.3 Å². The summed E-state index contributed by atoms with van der Waals surface area (Å²) < 4.78 is 0. The third kappa shape index (κ3) is 4.51. The number of aliphatic hydroxyl groups excluding tert-OH is 1. The average molecular weight is 395 g/mol. The Morgan fingerprint density at radius 2 is 1.66 bits per heavy atom. The van der Waals surface area contributed by atoms with Crippen molar-refractivity contribution in [2.75, 3.05) is 6.54 Å². The number of carbonyl (C=O) groups is 2. The minimum Gasteiger partial charge on any atom is -0.370 e. The van der Waals surface area contributed by atoms with Crippen molar-refractivity contribution in [1.29, 1.82) is 0 Å². The smallest absolute Gasteiger partial charge is 0.264 e. The van der Waals surface area contributed by atoms with E-state index in [1.165, 1.54) is 12.8 Å². The maximum absolute atomic E-state index is 13.2. The third-order valence-corrected chi connectivity index (χ3v) is 6.38. The molecule has 0 aromatic heterocycles. The topological polar surface area (TPSA) is 69.6 Å². The van der Waals surface area contributed by atoms with Crippen LogP contribution in [-0.4, -0.2) is 46.6 Å². The molecule has 0 bridgehead atoms. The second-order valence-electron chi connectivity index (χ2n) is 8.39. The summed E-state index contributed by atoms with van der Waals surface area (Å²) in [5, 5.41) is 15.9. The van der Waals surface area contributed by atoms with Gasteiger partial charge in [0.15, 0.2) is 12.0 Å². The van der Waals surface area contributed by atoms with Gasteiger partial charge >= 0.3 is 0 Å². The fourth-order valence-corrected chi connectivity index (χ4v) is 4.75. The minimum absolute atomic E-state index is 0.0189. The lowest BCUT2D eigenvalue weighted by Gasteiger charge is -2.29. The fraction of sp³-hybridized carbons (Fsp3) is 0.500. The normalized spacial score (nSPS) is 22.3. The van der Waals surface area contributed by atoms with E-state index in [0.717, 1.165) is 42.9 Å². The van der Waals surface area contributed by atoms with Crippen LogP contribution in [0.15, 0.2) is 42.5 Å². The highest BCUT2D eigenvalue weighted by atomic mass is 16.3. The van der Waals surface area contributed by atoms with Crippen LogP contribution in [0.25, 0.3) is 10.8 Å². The van der Waals surface area contributed by atoms with Crippen molar-refractivity contribution in [1.82, 2.24) is 10.2 Å². The summed E-state index contributed by atoms with van der Waals surface area (Å²) in [4.78, 5) is 27.5. The zero-order chi connectivity index (χ0) is 20.2. The van der Waals surface area contributed by atoms with Crippen LogP contribution in [0.4, 0.5) is 0 Å².